The van der Waals surface area contributed by atoms with Crippen LogP contribution in [0.2, 0.25) is 0 Å². The number of Topliss-reactive ketones (excluding diaryl/α,β-unsaturated/α-hetero) is 2. The number of fused-ring (bicyclic) bond motifs is 1. The standard InChI is InChI=1S/C18H20O4/c19-15-7-6-14-12-17(21-10-11-22-17)8-9-18(14,16(15)20)13-4-2-1-3-5-13/h1-5,14H,6-12H2. The fraction of sp³-hybridized carbons (Fsp3) is 0.556. The Morgan fingerprint density at radius 2 is 1.73 bits per heavy atom. The Morgan fingerprint density at radius 3 is 2.45 bits per heavy atom. The molecule has 2 unspecified atom stereocenters. The van der Waals surface area contributed by atoms with Gasteiger partial charge >= 0.3 is 0 Å². The van der Waals surface area contributed by atoms with Crippen molar-refractivity contribution < 1.29 is 19.1 Å². The van der Waals surface area contributed by atoms with Crippen LogP contribution in [0.5, 0.6) is 0 Å². The molecule has 4 nitrogen and oxygen atoms in total. The highest BCUT2D eigenvalue weighted by Crippen LogP contribution is 2.53. The van der Waals surface area contributed by atoms with Gasteiger partial charge in [0.2, 0.25) is 5.78 Å². The van der Waals surface area contributed by atoms with E-state index < -0.39 is 11.2 Å². The van der Waals surface area contributed by atoms with Gasteiger partial charge in [-0.1, -0.05) is 30.3 Å². The number of carbonyl (C=O) groups is 2. The minimum absolute atomic E-state index is 0.118. The first-order chi connectivity index (χ1) is 10.7. The fourth-order valence-corrected chi connectivity index (χ4v) is 4.56. The van der Waals surface area contributed by atoms with Gasteiger partial charge < -0.3 is 9.47 Å². The van der Waals surface area contributed by atoms with E-state index in [-0.39, 0.29) is 17.5 Å². The summed E-state index contributed by atoms with van der Waals surface area (Å²) in [4.78, 5) is 25.0. The number of hydrogen-bond donors (Lipinski definition) is 0. The second kappa shape index (κ2) is 5.00. The van der Waals surface area contributed by atoms with Crippen molar-refractivity contribution in [1.82, 2.24) is 0 Å². The van der Waals surface area contributed by atoms with Crippen molar-refractivity contribution in [2.24, 2.45) is 5.92 Å². The van der Waals surface area contributed by atoms with Crippen LogP contribution in [0.3, 0.4) is 0 Å². The Hall–Kier alpha value is -1.52. The molecule has 4 rings (SSSR count). The summed E-state index contributed by atoms with van der Waals surface area (Å²) in [7, 11) is 0. The van der Waals surface area contributed by atoms with Crippen molar-refractivity contribution >= 4 is 11.6 Å². The van der Waals surface area contributed by atoms with Crippen molar-refractivity contribution in [1.29, 1.82) is 0 Å². The van der Waals surface area contributed by atoms with Gasteiger partial charge in [0.25, 0.3) is 0 Å². The molecule has 116 valence electrons. The topological polar surface area (TPSA) is 52.6 Å². The van der Waals surface area contributed by atoms with Gasteiger partial charge in [0.15, 0.2) is 11.6 Å². The van der Waals surface area contributed by atoms with Crippen molar-refractivity contribution in [3.8, 4) is 0 Å². The largest absolute Gasteiger partial charge is 0.348 e. The Balaban J connectivity index is 1.77. The summed E-state index contributed by atoms with van der Waals surface area (Å²) in [6, 6.07) is 9.80. The van der Waals surface area contributed by atoms with E-state index in [4.69, 9.17) is 9.47 Å². The van der Waals surface area contributed by atoms with E-state index in [2.05, 4.69) is 0 Å². The SMILES string of the molecule is O=C1CCC2CC3(CCC2(c2ccccc2)C1=O)OCCO3. The van der Waals surface area contributed by atoms with Crippen LogP contribution >= 0.6 is 0 Å². The van der Waals surface area contributed by atoms with Gasteiger partial charge in [0.1, 0.15) is 0 Å². The molecular formula is C18H20O4. The maximum absolute atomic E-state index is 12.9. The van der Waals surface area contributed by atoms with E-state index >= 15 is 0 Å². The van der Waals surface area contributed by atoms with Gasteiger partial charge in [0, 0.05) is 19.3 Å². The summed E-state index contributed by atoms with van der Waals surface area (Å²) in [6.45, 7) is 1.25. The van der Waals surface area contributed by atoms with Crippen molar-refractivity contribution in [3.63, 3.8) is 0 Å². The first-order valence-corrected chi connectivity index (χ1v) is 8.07. The Kier molecular flexibility index (Phi) is 3.20. The normalized spacial score (nSPS) is 33.9. The predicted molar refractivity (Wildman–Crippen MR) is 79.3 cm³/mol. The third kappa shape index (κ3) is 1.90. The number of ether oxygens (including phenoxy) is 2. The first-order valence-electron chi connectivity index (χ1n) is 8.07. The number of carbonyl (C=O) groups excluding carboxylic acids is 2. The highest BCUT2D eigenvalue weighted by atomic mass is 16.7. The van der Waals surface area contributed by atoms with Gasteiger partial charge in [-0.05, 0) is 24.3 Å². The molecule has 1 saturated heterocycles. The average molecular weight is 300 g/mol. The second-order valence-corrected chi connectivity index (χ2v) is 6.64. The van der Waals surface area contributed by atoms with Crippen LogP contribution in [-0.2, 0) is 24.5 Å². The van der Waals surface area contributed by atoms with E-state index in [1.54, 1.807) is 0 Å². The first kappa shape index (κ1) is 14.1. The Labute approximate surface area is 129 Å². The summed E-state index contributed by atoms with van der Waals surface area (Å²) in [5.41, 5.74) is 0.308. The third-order valence-corrected chi connectivity index (χ3v) is 5.64. The van der Waals surface area contributed by atoms with Crippen LogP contribution in [0, 0.1) is 5.92 Å². The van der Waals surface area contributed by atoms with Crippen LogP contribution in [-0.4, -0.2) is 30.6 Å². The molecule has 4 heteroatoms. The third-order valence-electron chi connectivity index (χ3n) is 5.64. The molecule has 2 saturated carbocycles. The minimum Gasteiger partial charge on any atom is -0.348 e. The zero-order valence-corrected chi connectivity index (χ0v) is 12.5. The Morgan fingerprint density at radius 1 is 1.00 bits per heavy atom. The molecule has 1 aliphatic heterocycles. The maximum Gasteiger partial charge on any atom is 0.209 e. The average Bonchev–Trinajstić information content (AvgIpc) is 3.00. The predicted octanol–water partition coefficient (Wildman–Crippen LogP) is 2.40. The summed E-state index contributed by atoms with van der Waals surface area (Å²) < 4.78 is 11.7. The van der Waals surface area contributed by atoms with Crippen molar-refractivity contribution in [3.05, 3.63) is 35.9 Å². The number of rotatable bonds is 1. The molecule has 1 aromatic rings. The summed E-state index contributed by atoms with van der Waals surface area (Å²) in [5, 5.41) is 0. The quantitative estimate of drug-likeness (QED) is 0.747. The maximum atomic E-state index is 12.9. The van der Waals surface area contributed by atoms with Crippen molar-refractivity contribution in [2.45, 2.75) is 43.3 Å². The highest BCUT2D eigenvalue weighted by molar-refractivity contribution is 6.41. The number of hydrogen-bond acceptors (Lipinski definition) is 4. The zero-order valence-electron chi connectivity index (χ0n) is 12.5. The van der Waals surface area contributed by atoms with Crippen LogP contribution in [0.25, 0.3) is 0 Å². The summed E-state index contributed by atoms with van der Waals surface area (Å²) in [5.74, 6) is -0.831. The minimum atomic E-state index is -0.669. The molecule has 0 bridgehead atoms. The van der Waals surface area contributed by atoms with Gasteiger partial charge in [-0.3, -0.25) is 9.59 Å². The smallest absolute Gasteiger partial charge is 0.209 e. The molecule has 0 amide bonds. The molecule has 22 heavy (non-hydrogen) atoms. The number of ketones is 2. The molecule has 3 fully saturated rings. The van der Waals surface area contributed by atoms with Crippen LogP contribution in [0.1, 0.15) is 37.7 Å². The second-order valence-electron chi connectivity index (χ2n) is 6.64. The summed E-state index contributed by atoms with van der Waals surface area (Å²) in [6.07, 6.45) is 3.12. The van der Waals surface area contributed by atoms with Gasteiger partial charge in [0.05, 0.1) is 18.6 Å². The Bertz CT molecular complexity index is 603. The lowest BCUT2D eigenvalue weighted by molar-refractivity contribution is -0.202. The molecular weight excluding hydrogens is 280 g/mol. The molecule has 0 radical (unpaired) electrons. The summed E-state index contributed by atoms with van der Waals surface area (Å²) >= 11 is 0. The van der Waals surface area contributed by atoms with E-state index in [9.17, 15) is 9.59 Å². The molecule has 2 aliphatic carbocycles. The molecule has 1 heterocycles. The number of benzene rings is 1. The lowest BCUT2D eigenvalue weighted by atomic mass is 9.54. The highest BCUT2D eigenvalue weighted by Gasteiger charge is 2.59. The van der Waals surface area contributed by atoms with E-state index in [1.807, 2.05) is 30.3 Å². The molecule has 1 spiro atoms. The van der Waals surface area contributed by atoms with E-state index in [0.29, 0.717) is 38.9 Å². The van der Waals surface area contributed by atoms with Crippen LogP contribution < -0.4 is 0 Å². The van der Waals surface area contributed by atoms with Gasteiger partial charge in [-0.15, -0.1) is 0 Å². The fourth-order valence-electron chi connectivity index (χ4n) is 4.56. The van der Waals surface area contributed by atoms with Crippen molar-refractivity contribution in [2.75, 3.05) is 13.2 Å². The lowest BCUT2D eigenvalue weighted by Gasteiger charge is -2.50. The van der Waals surface area contributed by atoms with Gasteiger partial charge in [-0.25, -0.2) is 0 Å². The van der Waals surface area contributed by atoms with Crippen LogP contribution in [0.4, 0.5) is 0 Å². The van der Waals surface area contributed by atoms with E-state index in [0.717, 1.165) is 12.0 Å². The van der Waals surface area contributed by atoms with Gasteiger partial charge in [-0.2, -0.15) is 0 Å². The molecule has 1 aromatic carbocycles. The molecule has 0 aromatic heterocycles. The monoisotopic (exact) mass is 300 g/mol. The van der Waals surface area contributed by atoms with Crippen LogP contribution in [0.15, 0.2) is 30.3 Å². The molecule has 2 atom stereocenters. The zero-order chi connectivity index (χ0) is 15.2. The van der Waals surface area contributed by atoms with E-state index in [1.165, 1.54) is 0 Å². The molecule has 0 N–H and O–H groups in total. The lowest BCUT2D eigenvalue weighted by Crippen LogP contribution is -2.56. The molecule has 3 aliphatic rings.